The van der Waals surface area contributed by atoms with Crippen molar-refractivity contribution < 1.29 is 24.6 Å². The van der Waals surface area contributed by atoms with Crippen LogP contribution in [0.2, 0.25) is 0 Å². The molecule has 76 valence electrons. The Morgan fingerprint density at radius 1 is 1.20 bits per heavy atom. The third-order valence-electron chi connectivity index (χ3n) is 1.32. The van der Waals surface area contributed by atoms with Gasteiger partial charge < -0.3 is 15.5 Å². The second kappa shape index (κ2) is 10.1. The van der Waals surface area contributed by atoms with Crippen molar-refractivity contribution in [3.05, 3.63) is 0 Å². The van der Waals surface area contributed by atoms with E-state index in [0.29, 0.717) is 0 Å². The van der Waals surface area contributed by atoms with Crippen molar-refractivity contribution in [1.29, 1.82) is 0 Å². The number of hydrogen-bond acceptors (Lipinski definition) is 3. The predicted molar refractivity (Wildman–Crippen MR) is 53.6 cm³/mol. The fourth-order valence-electron chi connectivity index (χ4n) is 0.771. The molecule has 0 rings (SSSR count). The number of carbonyl (C=O) groups excluding carboxylic acids is 1. The van der Waals surface area contributed by atoms with Crippen molar-refractivity contribution in [1.82, 2.24) is 5.32 Å². The van der Waals surface area contributed by atoms with Gasteiger partial charge in [-0.05, 0) is 6.42 Å². The first-order valence-corrected chi connectivity index (χ1v) is 3.65. The smallest absolute Gasteiger partial charge is 0.326 e. The number of hydrogen-bond donors (Lipinski definition) is 3. The molecular formula is C7H11Li2NO5. The van der Waals surface area contributed by atoms with Crippen LogP contribution in [0.3, 0.4) is 0 Å². The number of aliphatic carboxylic acids is 2. The Morgan fingerprint density at radius 3 is 1.93 bits per heavy atom. The molecule has 3 N–H and O–H groups in total. The van der Waals surface area contributed by atoms with Gasteiger partial charge in [0.1, 0.15) is 6.04 Å². The van der Waals surface area contributed by atoms with Gasteiger partial charge >= 0.3 is 11.9 Å². The van der Waals surface area contributed by atoms with Gasteiger partial charge in [-0.25, -0.2) is 4.79 Å². The second-order valence-corrected chi connectivity index (χ2v) is 2.52. The molecule has 0 fully saturated rings. The molecule has 15 heavy (non-hydrogen) atoms. The van der Waals surface area contributed by atoms with E-state index in [2.05, 4.69) is 5.32 Å². The molecule has 0 aliphatic heterocycles. The third kappa shape index (κ3) is 11.5. The molecule has 0 saturated heterocycles. The third-order valence-corrected chi connectivity index (χ3v) is 1.32. The summed E-state index contributed by atoms with van der Waals surface area (Å²) < 4.78 is 0. The SMILES string of the molecule is CC(=O)N[C@@H](CCC(=O)O)C(=O)O.[Li].[Li]. The molecule has 0 heterocycles. The Kier molecular flexibility index (Phi) is 13.6. The van der Waals surface area contributed by atoms with Crippen LogP contribution in [0.25, 0.3) is 0 Å². The van der Waals surface area contributed by atoms with Gasteiger partial charge in [0, 0.05) is 51.1 Å². The first-order chi connectivity index (χ1) is 5.93. The van der Waals surface area contributed by atoms with Gasteiger partial charge in [-0.15, -0.1) is 0 Å². The van der Waals surface area contributed by atoms with Crippen LogP contribution < -0.4 is 5.32 Å². The molecule has 0 aliphatic carbocycles. The number of carbonyl (C=O) groups is 3. The van der Waals surface area contributed by atoms with Gasteiger partial charge in [0.05, 0.1) is 0 Å². The van der Waals surface area contributed by atoms with E-state index < -0.39 is 23.9 Å². The van der Waals surface area contributed by atoms with Crippen LogP contribution in [-0.4, -0.2) is 71.8 Å². The molecule has 1 amide bonds. The molecule has 0 aliphatic rings. The minimum absolute atomic E-state index is 0. The summed E-state index contributed by atoms with van der Waals surface area (Å²) in [7, 11) is 0. The van der Waals surface area contributed by atoms with Gasteiger partial charge in [0.25, 0.3) is 0 Å². The molecule has 1 atom stereocenters. The summed E-state index contributed by atoms with van der Waals surface area (Å²) in [6.45, 7) is 1.18. The van der Waals surface area contributed by atoms with Crippen molar-refractivity contribution in [2.24, 2.45) is 0 Å². The number of rotatable bonds is 5. The Labute approximate surface area is 111 Å². The van der Waals surface area contributed by atoms with Crippen molar-refractivity contribution in [2.45, 2.75) is 25.8 Å². The van der Waals surface area contributed by atoms with Gasteiger partial charge in [-0.3, -0.25) is 9.59 Å². The maximum atomic E-state index is 10.5. The van der Waals surface area contributed by atoms with Crippen molar-refractivity contribution in [3.8, 4) is 0 Å². The van der Waals surface area contributed by atoms with Crippen molar-refractivity contribution in [2.75, 3.05) is 0 Å². The monoisotopic (exact) mass is 203 g/mol. The summed E-state index contributed by atoms with van der Waals surface area (Å²) in [5.74, 6) is -2.80. The van der Waals surface area contributed by atoms with Gasteiger partial charge in [-0.2, -0.15) is 0 Å². The number of carboxylic acids is 2. The van der Waals surface area contributed by atoms with Crippen LogP contribution in [0.15, 0.2) is 0 Å². The standard InChI is InChI=1S/C7H11NO5.2Li/c1-4(9)8-5(7(12)13)2-3-6(10)11;;/h5H,2-3H2,1H3,(H,8,9)(H,10,11)(H,12,13);;/t5-;;/m0../s1. The Balaban J connectivity index is -0.000000720. The Bertz CT molecular complexity index is 233. The van der Waals surface area contributed by atoms with E-state index in [1.807, 2.05) is 0 Å². The van der Waals surface area contributed by atoms with Gasteiger partial charge in [0.2, 0.25) is 5.91 Å². The minimum Gasteiger partial charge on any atom is -0.481 e. The zero-order chi connectivity index (χ0) is 10.4. The maximum Gasteiger partial charge on any atom is 0.326 e. The first kappa shape index (κ1) is 20.1. The van der Waals surface area contributed by atoms with Crippen molar-refractivity contribution in [3.63, 3.8) is 0 Å². The van der Waals surface area contributed by atoms with E-state index in [4.69, 9.17) is 10.2 Å². The van der Waals surface area contributed by atoms with Crippen LogP contribution in [-0.2, 0) is 14.4 Å². The fraction of sp³-hybridized carbons (Fsp3) is 0.571. The zero-order valence-electron chi connectivity index (χ0n) is 9.11. The van der Waals surface area contributed by atoms with Crippen LogP contribution in [0.4, 0.5) is 0 Å². The molecule has 0 spiro atoms. The Morgan fingerprint density at radius 2 is 1.67 bits per heavy atom. The summed E-state index contributed by atoms with van der Waals surface area (Å²) >= 11 is 0. The van der Waals surface area contributed by atoms with Crippen LogP contribution in [0.1, 0.15) is 19.8 Å². The summed E-state index contributed by atoms with van der Waals surface area (Å²) in [6, 6.07) is -1.12. The summed E-state index contributed by atoms with van der Waals surface area (Å²) in [4.78, 5) is 31.0. The molecule has 0 saturated carbocycles. The average molecular weight is 203 g/mol. The van der Waals surface area contributed by atoms with Gasteiger partial charge in [-0.1, -0.05) is 0 Å². The van der Waals surface area contributed by atoms with E-state index in [-0.39, 0.29) is 50.6 Å². The van der Waals surface area contributed by atoms with E-state index in [1.165, 1.54) is 6.92 Å². The van der Waals surface area contributed by atoms with Crippen molar-refractivity contribution >= 4 is 55.6 Å². The van der Waals surface area contributed by atoms with E-state index in [1.54, 1.807) is 0 Å². The van der Waals surface area contributed by atoms with Crippen LogP contribution in [0.5, 0.6) is 0 Å². The van der Waals surface area contributed by atoms with E-state index in [9.17, 15) is 14.4 Å². The molecule has 0 aromatic carbocycles. The molecule has 2 radical (unpaired) electrons. The molecule has 6 nitrogen and oxygen atoms in total. The van der Waals surface area contributed by atoms with Gasteiger partial charge in [0.15, 0.2) is 0 Å². The number of amides is 1. The predicted octanol–water partition coefficient (Wildman–Crippen LogP) is -1.32. The molecule has 0 bridgehead atoms. The quantitative estimate of drug-likeness (QED) is 0.480. The fourth-order valence-corrected chi connectivity index (χ4v) is 0.771. The van der Waals surface area contributed by atoms with E-state index >= 15 is 0 Å². The van der Waals surface area contributed by atoms with Crippen LogP contribution >= 0.6 is 0 Å². The maximum absolute atomic E-state index is 10.5. The van der Waals surface area contributed by atoms with E-state index in [0.717, 1.165) is 0 Å². The first-order valence-electron chi connectivity index (χ1n) is 3.65. The summed E-state index contributed by atoms with van der Waals surface area (Å²) in [5.41, 5.74) is 0. The summed E-state index contributed by atoms with van der Waals surface area (Å²) in [6.07, 6.45) is -0.387. The largest absolute Gasteiger partial charge is 0.481 e. The molecular weight excluding hydrogens is 192 g/mol. The molecule has 0 aromatic rings. The number of carboxylic acid groups (broad SMARTS) is 2. The molecule has 0 aromatic heterocycles. The normalized spacial score (nSPS) is 10.2. The average Bonchev–Trinajstić information content (AvgIpc) is 1.96. The molecule has 8 heteroatoms. The summed E-state index contributed by atoms with van der Waals surface area (Å²) in [5, 5.41) is 18.9. The zero-order valence-corrected chi connectivity index (χ0v) is 9.11. The minimum atomic E-state index is -1.23. The molecule has 0 unspecified atom stereocenters. The number of nitrogens with one attached hydrogen (secondary N) is 1. The topological polar surface area (TPSA) is 104 Å². The Hall–Kier alpha value is -0.395. The second-order valence-electron chi connectivity index (χ2n) is 2.52. The van der Waals surface area contributed by atoms with Crippen LogP contribution in [0, 0.1) is 0 Å².